The first-order valence-electron chi connectivity index (χ1n) is 21.2. The van der Waals surface area contributed by atoms with Crippen molar-refractivity contribution in [2.45, 2.75) is 204 Å². The van der Waals surface area contributed by atoms with E-state index in [9.17, 15) is 0 Å². The van der Waals surface area contributed by atoms with Crippen molar-refractivity contribution in [1.29, 1.82) is 0 Å². The van der Waals surface area contributed by atoms with E-state index in [0.29, 0.717) is 18.3 Å². The van der Waals surface area contributed by atoms with Crippen molar-refractivity contribution >= 4 is 0 Å². The van der Waals surface area contributed by atoms with Crippen LogP contribution < -0.4 is 0 Å². The summed E-state index contributed by atoms with van der Waals surface area (Å²) in [5.74, 6) is 11.1. The van der Waals surface area contributed by atoms with E-state index in [1.807, 2.05) is 0 Å². The minimum absolute atomic E-state index is 0.214. The van der Waals surface area contributed by atoms with Crippen LogP contribution in [0.4, 0.5) is 0 Å². The maximum Gasteiger partial charge on any atom is 0.0725 e. The van der Waals surface area contributed by atoms with Gasteiger partial charge in [0.2, 0.25) is 0 Å². The standard InChI is InChI=1S/3C15H28O/c2*1-9(2)7-15-8-11(5)13(12(6)16-15)14(15)10(3)4;1-10(2)9-15-8-6-7-13(12(5)16-15)14(15)11(3)4/h2*9-14H,7-8H2,1-6H3;10-14H,6-9H2,1-5H3. The number of fused-ring (bicyclic) bond motifs is 6. The Labute approximate surface area is 300 Å². The van der Waals surface area contributed by atoms with Gasteiger partial charge >= 0.3 is 0 Å². The summed E-state index contributed by atoms with van der Waals surface area (Å²) in [5.41, 5.74) is 0.655. The van der Waals surface area contributed by atoms with E-state index in [0.717, 1.165) is 82.9 Å². The molecule has 3 nitrogen and oxygen atoms in total. The molecule has 3 heteroatoms. The zero-order valence-electron chi connectivity index (χ0n) is 35.2. The molecule has 0 amide bonds. The minimum atomic E-state index is 0.214. The van der Waals surface area contributed by atoms with Crippen LogP contribution in [0.5, 0.6) is 0 Å². The largest absolute Gasteiger partial charge is 0.371 e. The van der Waals surface area contributed by atoms with Crippen molar-refractivity contribution in [3.05, 3.63) is 0 Å². The van der Waals surface area contributed by atoms with E-state index in [2.05, 4.69) is 118 Å². The summed E-state index contributed by atoms with van der Waals surface area (Å²) in [4.78, 5) is 0. The second kappa shape index (κ2) is 15.5. The van der Waals surface area contributed by atoms with Crippen molar-refractivity contribution in [3.8, 4) is 0 Å². The molecule has 282 valence electrons. The van der Waals surface area contributed by atoms with Gasteiger partial charge in [0.15, 0.2) is 0 Å². The smallest absolute Gasteiger partial charge is 0.0725 e. The van der Waals surface area contributed by atoms with E-state index in [4.69, 9.17) is 14.2 Å². The van der Waals surface area contributed by atoms with Gasteiger partial charge in [-0.3, -0.25) is 0 Å². The summed E-state index contributed by atoms with van der Waals surface area (Å²) >= 11 is 0. The first-order chi connectivity index (χ1) is 22.2. The molecule has 14 atom stereocenters. The minimum Gasteiger partial charge on any atom is -0.371 e. The van der Waals surface area contributed by atoms with Gasteiger partial charge < -0.3 is 14.2 Å². The molecule has 3 heterocycles. The Morgan fingerprint density at radius 3 is 1.17 bits per heavy atom. The molecule has 3 saturated carbocycles. The predicted molar refractivity (Wildman–Crippen MR) is 205 cm³/mol. The number of ether oxygens (including phenoxy) is 3. The van der Waals surface area contributed by atoms with Crippen LogP contribution in [0.1, 0.15) is 169 Å². The van der Waals surface area contributed by atoms with Gasteiger partial charge in [-0.25, -0.2) is 0 Å². The van der Waals surface area contributed by atoms with Crippen LogP contribution in [0.15, 0.2) is 0 Å². The average molecular weight is 673 g/mol. The lowest BCUT2D eigenvalue weighted by atomic mass is 9.63. The highest BCUT2D eigenvalue weighted by molar-refractivity contribution is 5.11. The fourth-order valence-electron chi connectivity index (χ4n) is 14.3. The van der Waals surface area contributed by atoms with Gasteiger partial charge in [-0.2, -0.15) is 0 Å². The molecular formula is C45H84O3. The average Bonchev–Trinajstić information content (AvgIpc) is 3.59. The monoisotopic (exact) mass is 673 g/mol. The third-order valence-corrected chi connectivity index (χ3v) is 14.3. The van der Waals surface area contributed by atoms with Crippen LogP contribution in [0.25, 0.3) is 0 Å². The molecule has 3 aliphatic heterocycles. The maximum atomic E-state index is 6.46. The molecule has 0 spiro atoms. The van der Waals surface area contributed by atoms with Crippen molar-refractivity contribution in [2.24, 2.45) is 82.9 Å². The normalized spacial score (nSPS) is 45.9. The molecule has 3 saturated heterocycles. The van der Waals surface area contributed by atoms with Gasteiger partial charge in [-0.05, 0) is 149 Å². The summed E-state index contributed by atoms with van der Waals surface area (Å²) in [6.07, 6.45) is 11.9. The van der Waals surface area contributed by atoms with Gasteiger partial charge in [-0.15, -0.1) is 0 Å². The lowest BCUT2D eigenvalue weighted by molar-refractivity contribution is -0.0971. The van der Waals surface area contributed by atoms with Crippen LogP contribution in [-0.2, 0) is 14.2 Å². The molecule has 48 heavy (non-hydrogen) atoms. The van der Waals surface area contributed by atoms with Crippen molar-refractivity contribution in [1.82, 2.24) is 0 Å². The molecular weight excluding hydrogens is 588 g/mol. The summed E-state index contributed by atoms with van der Waals surface area (Å²) in [6.45, 7) is 40.0. The highest BCUT2D eigenvalue weighted by atomic mass is 16.5. The molecule has 0 aromatic heterocycles. The Bertz CT molecular complexity index is 904. The number of hydrogen-bond acceptors (Lipinski definition) is 3. The maximum absolute atomic E-state index is 6.46. The van der Waals surface area contributed by atoms with E-state index in [-0.39, 0.29) is 16.8 Å². The molecule has 14 unspecified atom stereocenters. The second-order valence-electron chi connectivity index (χ2n) is 20.8. The molecule has 0 aromatic rings. The zero-order valence-corrected chi connectivity index (χ0v) is 35.2. The van der Waals surface area contributed by atoms with Gasteiger partial charge in [0.05, 0.1) is 35.1 Å². The van der Waals surface area contributed by atoms with Crippen LogP contribution in [0.3, 0.4) is 0 Å². The highest BCUT2D eigenvalue weighted by Crippen LogP contribution is 2.61. The van der Waals surface area contributed by atoms with E-state index < -0.39 is 0 Å². The highest BCUT2D eigenvalue weighted by Gasteiger charge is 2.63. The van der Waals surface area contributed by atoms with Gasteiger partial charge in [-0.1, -0.05) is 103 Å². The quantitative estimate of drug-likeness (QED) is 0.244. The first-order valence-corrected chi connectivity index (χ1v) is 21.2. The lowest BCUT2D eigenvalue weighted by Gasteiger charge is -2.43. The molecule has 0 aromatic carbocycles. The van der Waals surface area contributed by atoms with Crippen LogP contribution >= 0.6 is 0 Å². The van der Waals surface area contributed by atoms with Gasteiger partial charge in [0, 0.05) is 0 Å². The van der Waals surface area contributed by atoms with Crippen LogP contribution in [0, 0.1) is 82.9 Å². The van der Waals surface area contributed by atoms with Crippen molar-refractivity contribution in [3.63, 3.8) is 0 Å². The summed E-state index contributed by atoms with van der Waals surface area (Å²) < 4.78 is 19.3. The van der Waals surface area contributed by atoms with E-state index >= 15 is 0 Å². The van der Waals surface area contributed by atoms with Crippen molar-refractivity contribution < 1.29 is 14.2 Å². The predicted octanol–water partition coefficient (Wildman–Crippen LogP) is 12.5. The van der Waals surface area contributed by atoms with E-state index in [1.54, 1.807) is 0 Å². The third-order valence-electron chi connectivity index (χ3n) is 14.3. The SMILES string of the molecule is CC(C)CC12CC(C)C(C(C)O1)C2C(C)C.CC(C)CC12CC(C)C(C(C)O1)C2C(C)C.CC(C)CC12CCCC(C(C)O1)C2C(C)C. The lowest BCUT2D eigenvalue weighted by Crippen LogP contribution is -2.43. The summed E-state index contributed by atoms with van der Waals surface area (Å²) in [7, 11) is 0. The first kappa shape index (κ1) is 40.6. The molecule has 3 aliphatic carbocycles. The number of hydrogen-bond donors (Lipinski definition) is 0. The van der Waals surface area contributed by atoms with E-state index in [1.165, 1.54) is 51.4 Å². The van der Waals surface area contributed by atoms with Gasteiger partial charge in [0.1, 0.15) is 0 Å². The molecule has 6 aliphatic rings. The zero-order chi connectivity index (χ0) is 36.1. The fourth-order valence-corrected chi connectivity index (χ4v) is 14.3. The van der Waals surface area contributed by atoms with Gasteiger partial charge in [0.25, 0.3) is 0 Å². The summed E-state index contributed by atoms with van der Waals surface area (Å²) in [6, 6.07) is 0. The van der Waals surface area contributed by atoms with Crippen molar-refractivity contribution in [2.75, 3.05) is 0 Å². The molecule has 0 N–H and O–H groups in total. The molecule has 6 bridgehead atoms. The third kappa shape index (κ3) is 7.80. The fraction of sp³-hybridized carbons (Fsp3) is 1.00. The number of rotatable bonds is 9. The second-order valence-corrected chi connectivity index (χ2v) is 20.8. The summed E-state index contributed by atoms with van der Waals surface area (Å²) in [5, 5.41) is 0. The van der Waals surface area contributed by atoms with Crippen LogP contribution in [-0.4, -0.2) is 35.1 Å². The molecule has 6 rings (SSSR count). The molecule has 6 fully saturated rings. The Morgan fingerprint density at radius 2 is 0.833 bits per heavy atom. The Morgan fingerprint density at radius 1 is 0.479 bits per heavy atom. The Kier molecular flexibility index (Phi) is 13.1. The Balaban J connectivity index is 0.000000163. The van der Waals surface area contributed by atoms with Crippen LogP contribution in [0.2, 0.25) is 0 Å². The Hall–Kier alpha value is -0.120. The topological polar surface area (TPSA) is 27.7 Å². The molecule has 0 radical (unpaired) electrons.